The van der Waals surface area contributed by atoms with Crippen molar-refractivity contribution in [2.24, 2.45) is 0 Å². The Kier molecular flexibility index (Phi) is 7.09. The molecule has 1 rings (SSSR count). The van der Waals surface area contributed by atoms with Crippen LogP contribution in [-0.4, -0.2) is 30.4 Å². The Labute approximate surface area is 122 Å². The Bertz CT molecular complexity index is 416. The highest BCUT2D eigenvalue weighted by atomic mass is 16.1. The molecule has 0 atom stereocenters. The molecule has 0 aliphatic rings. The van der Waals surface area contributed by atoms with Crippen LogP contribution in [-0.2, 0) is 4.79 Å². The number of nitrogens with zero attached hydrogens (tertiary/aromatic N) is 1. The Morgan fingerprint density at radius 3 is 2.65 bits per heavy atom. The molecule has 0 bridgehead atoms. The molecule has 1 amide bonds. The third-order valence-corrected chi connectivity index (χ3v) is 3.65. The Hall–Kier alpha value is -1.55. The molecule has 0 heterocycles. The molecular formula is C16H27N3O. The van der Waals surface area contributed by atoms with Gasteiger partial charge in [0.05, 0.1) is 0 Å². The number of hydrogen-bond acceptors (Lipinski definition) is 3. The molecule has 0 aliphatic carbocycles. The van der Waals surface area contributed by atoms with E-state index in [0.717, 1.165) is 31.5 Å². The van der Waals surface area contributed by atoms with Crippen LogP contribution in [0.2, 0.25) is 0 Å². The van der Waals surface area contributed by atoms with Crippen LogP contribution in [0.3, 0.4) is 0 Å². The number of benzene rings is 1. The van der Waals surface area contributed by atoms with Crippen LogP contribution in [0.4, 0.5) is 11.4 Å². The molecule has 1 aromatic rings. The molecule has 4 heteroatoms. The van der Waals surface area contributed by atoms with E-state index >= 15 is 0 Å². The van der Waals surface area contributed by atoms with Crippen molar-refractivity contribution in [2.45, 2.75) is 45.6 Å². The number of hydrogen-bond donors (Lipinski definition) is 2. The van der Waals surface area contributed by atoms with E-state index < -0.39 is 0 Å². The van der Waals surface area contributed by atoms with Crippen molar-refractivity contribution in [1.29, 1.82) is 0 Å². The molecule has 1 aromatic carbocycles. The van der Waals surface area contributed by atoms with Crippen molar-refractivity contribution >= 4 is 17.3 Å². The minimum absolute atomic E-state index is 0.0496. The third kappa shape index (κ3) is 5.61. The van der Waals surface area contributed by atoms with Crippen molar-refractivity contribution in [2.75, 3.05) is 24.6 Å². The maximum Gasteiger partial charge on any atom is 0.224 e. The standard InChI is InChI=1S/C16H27N3O/c1-4-15(5-2)19(3)11-7-10-16(20)18-14-9-6-8-13(17)12-14/h6,8-9,12,15H,4-5,7,10-11,17H2,1-3H3,(H,18,20). The van der Waals surface area contributed by atoms with Crippen LogP contribution in [0.5, 0.6) is 0 Å². The fourth-order valence-electron chi connectivity index (χ4n) is 2.42. The molecule has 0 unspecified atom stereocenters. The monoisotopic (exact) mass is 277 g/mol. The average molecular weight is 277 g/mol. The van der Waals surface area contributed by atoms with Gasteiger partial charge in [-0.25, -0.2) is 0 Å². The second kappa shape index (κ2) is 8.59. The van der Waals surface area contributed by atoms with E-state index in [9.17, 15) is 4.79 Å². The zero-order valence-corrected chi connectivity index (χ0v) is 12.9. The summed E-state index contributed by atoms with van der Waals surface area (Å²) in [5.74, 6) is 0.0496. The number of nitrogens with two attached hydrogens (primary N) is 1. The van der Waals surface area contributed by atoms with Crippen LogP contribution in [0.1, 0.15) is 39.5 Å². The van der Waals surface area contributed by atoms with Gasteiger partial charge in [0.1, 0.15) is 0 Å². The van der Waals surface area contributed by atoms with E-state index in [-0.39, 0.29) is 5.91 Å². The van der Waals surface area contributed by atoms with Gasteiger partial charge in [-0.3, -0.25) is 4.79 Å². The fourth-order valence-corrected chi connectivity index (χ4v) is 2.42. The van der Waals surface area contributed by atoms with Gasteiger partial charge in [0.25, 0.3) is 0 Å². The van der Waals surface area contributed by atoms with Crippen molar-refractivity contribution in [1.82, 2.24) is 4.90 Å². The van der Waals surface area contributed by atoms with E-state index in [0.29, 0.717) is 18.2 Å². The van der Waals surface area contributed by atoms with Crippen LogP contribution in [0, 0.1) is 0 Å². The molecule has 112 valence electrons. The normalized spacial score (nSPS) is 11.1. The largest absolute Gasteiger partial charge is 0.399 e. The summed E-state index contributed by atoms with van der Waals surface area (Å²) in [6.07, 6.45) is 3.73. The fraction of sp³-hybridized carbons (Fsp3) is 0.562. The summed E-state index contributed by atoms with van der Waals surface area (Å²) in [6, 6.07) is 7.89. The molecule has 3 N–H and O–H groups in total. The first-order valence-electron chi connectivity index (χ1n) is 7.42. The van der Waals surface area contributed by atoms with Gasteiger partial charge in [-0.15, -0.1) is 0 Å². The lowest BCUT2D eigenvalue weighted by Gasteiger charge is -2.25. The Balaban J connectivity index is 2.30. The lowest BCUT2D eigenvalue weighted by molar-refractivity contribution is -0.116. The predicted molar refractivity (Wildman–Crippen MR) is 85.7 cm³/mol. The van der Waals surface area contributed by atoms with Crippen LogP contribution < -0.4 is 11.1 Å². The first-order valence-corrected chi connectivity index (χ1v) is 7.42. The Morgan fingerprint density at radius 1 is 1.35 bits per heavy atom. The summed E-state index contributed by atoms with van der Waals surface area (Å²) in [5.41, 5.74) is 7.11. The predicted octanol–water partition coefficient (Wildman–Crippen LogP) is 3.11. The average Bonchev–Trinajstić information content (AvgIpc) is 2.40. The zero-order chi connectivity index (χ0) is 15.0. The molecule has 20 heavy (non-hydrogen) atoms. The second-order valence-corrected chi connectivity index (χ2v) is 5.23. The first-order chi connectivity index (χ1) is 9.56. The van der Waals surface area contributed by atoms with Crippen LogP contribution in [0.25, 0.3) is 0 Å². The molecule has 0 fully saturated rings. The summed E-state index contributed by atoms with van der Waals surface area (Å²) in [4.78, 5) is 14.2. The molecular weight excluding hydrogens is 250 g/mol. The summed E-state index contributed by atoms with van der Waals surface area (Å²) in [5, 5.41) is 2.88. The number of carbonyl (C=O) groups excluding carboxylic acids is 1. The van der Waals surface area contributed by atoms with E-state index in [2.05, 4.69) is 31.1 Å². The highest BCUT2D eigenvalue weighted by Gasteiger charge is 2.10. The van der Waals surface area contributed by atoms with Crippen molar-refractivity contribution < 1.29 is 4.79 Å². The van der Waals surface area contributed by atoms with Gasteiger partial charge in [-0.05, 0) is 51.1 Å². The number of nitrogens with one attached hydrogen (secondary N) is 1. The molecule has 0 saturated carbocycles. The smallest absolute Gasteiger partial charge is 0.224 e. The van der Waals surface area contributed by atoms with Gasteiger partial charge in [0.15, 0.2) is 0 Å². The van der Waals surface area contributed by atoms with Crippen molar-refractivity contribution in [3.63, 3.8) is 0 Å². The summed E-state index contributed by atoms with van der Waals surface area (Å²) in [7, 11) is 2.13. The second-order valence-electron chi connectivity index (χ2n) is 5.23. The van der Waals surface area contributed by atoms with Crippen molar-refractivity contribution in [3.8, 4) is 0 Å². The lowest BCUT2D eigenvalue weighted by Crippen LogP contribution is -2.31. The Morgan fingerprint density at radius 2 is 2.05 bits per heavy atom. The van der Waals surface area contributed by atoms with E-state index in [4.69, 9.17) is 5.73 Å². The maximum atomic E-state index is 11.8. The number of rotatable bonds is 8. The lowest BCUT2D eigenvalue weighted by atomic mass is 10.1. The van der Waals surface area contributed by atoms with Crippen LogP contribution in [0.15, 0.2) is 24.3 Å². The van der Waals surface area contributed by atoms with Crippen LogP contribution >= 0.6 is 0 Å². The van der Waals surface area contributed by atoms with E-state index in [1.54, 1.807) is 12.1 Å². The number of nitrogen functional groups attached to an aromatic ring is 1. The minimum atomic E-state index is 0.0496. The summed E-state index contributed by atoms with van der Waals surface area (Å²) in [6.45, 7) is 5.37. The van der Waals surface area contributed by atoms with Gasteiger partial charge in [-0.1, -0.05) is 19.9 Å². The van der Waals surface area contributed by atoms with Gasteiger partial charge in [0, 0.05) is 23.8 Å². The molecule has 0 spiro atoms. The topological polar surface area (TPSA) is 58.4 Å². The van der Waals surface area contributed by atoms with E-state index in [1.165, 1.54) is 0 Å². The molecule has 0 radical (unpaired) electrons. The highest BCUT2D eigenvalue weighted by Crippen LogP contribution is 2.12. The van der Waals surface area contributed by atoms with Gasteiger partial charge < -0.3 is 16.0 Å². The first kappa shape index (κ1) is 16.5. The summed E-state index contributed by atoms with van der Waals surface area (Å²) < 4.78 is 0. The van der Waals surface area contributed by atoms with Crippen molar-refractivity contribution in [3.05, 3.63) is 24.3 Å². The molecule has 0 aromatic heterocycles. The SMILES string of the molecule is CCC(CC)N(C)CCCC(=O)Nc1cccc(N)c1. The number of carbonyl (C=O) groups is 1. The number of anilines is 2. The third-order valence-electron chi connectivity index (χ3n) is 3.65. The molecule has 0 aliphatic heterocycles. The van der Waals surface area contributed by atoms with Gasteiger partial charge in [0.2, 0.25) is 5.91 Å². The zero-order valence-electron chi connectivity index (χ0n) is 12.9. The summed E-state index contributed by atoms with van der Waals surface area (Å²) >= 11 is 0. The van der Waals surface area contributed by atoms with Gasteiger partial charge in [-0.2, -0.15) is 0 Å². The molecule has 4 nitrogen and oxygen atoms in total. The quantitative estimate of drug-likeness (QED) is 0.718. The maximum absolute atomic E-state index is 11.8. The van der Waals surface area contributed by atoms with Gasteiger partial charge >= 0.3 is 0 Å². The minimum Gasteiger partial charge on any atom is -0.399 e. The molecule has 0 saturated heterocycles. The van der Waals surface area contributed by atoms with E-state index in [1.807, 2.05) is 12.1 Å². The number of amides is 1. The highest BCUT2D eigenvalue weighted by molar-refractivity contribution is 5.91.